The van der Waals surface area contributed by atoms with Gasteiger partial charge in [0.05, 0.1) is 6.04 Å². The van der Waals surface area contributed by atoms with Gasteiger partial charge in [-0.1, -0.05) is 102 Å². The molecule has 3 amide bonds. The first kappa shape index (κ1) is 34.0. The van der Waals surface area contributed by atoms with Crippen LogP contribution >= 0.6 is 0 Å². The van der Waals surface area contributed by atoms with E-state index in [2.05, 4.69) is 16.0 Å². The van der Waals surface area contributed by atoms with Crippen LogP contribution in [0.3, 0.4) is 0 Å². The van der Waals surface area contributed by atoms with Crippen LogP contribution in [0.25, 0.3) is 0 Å². The van der Waals surface area contributed by atoms with Crippen molar-refractivity contribution in [2.45, 2.75) is 105 Å². The average molecular weight is 590 g/mol. The van der Waals surface area contributed by atoms with E-state index in [1.807, 2.05) is 102 Å². The summed E-state index contributed by atoms with van der Waals surface area (Å²) in [5, 5.41) is 8.92. The van der Waals surface area contributed by atoms with Gasteiger partial charge in [0.15, 0.2) is 5.78 Å². The zero-order valence-corrected chi connectivity index (χ0v) is 26.8. The Balaban J connectivity index is 1.74. The van der Waals surface area contributed by atoms with E-state index in [1.165, 1.54) is 5.56 Å². The molecule has 2 aromatic rings. The molecule has 4 atom stereocenters. The average Bonchev–Trinajstić information content (AvgIpc) is 3.73. The standard InChI is InChI=1S/C36H51N3O4/c1-24(2)21-29(32(40)36(6)19-20-36)37-35(43)31(23-28-15-11-8-12-16-28)39-34(42)30(22-25(3)4)38-33(41)26(5)17-18-27-13-9-7-10-14-27/h7-16,24-26,29-31H,17-23H2,1-6H3,(H,37,43)(H,38,41)(H,39,42)/t26-,29-,30-,31-/m0/s1. The van der Waals surface area contributed by atoms with Crippen molar-refractivity contribution < 1.29 is 19.2 Å². The van der Waals surface area contributed by atoms with Gasteiger partial charge < -0.3 is 16.0 Å². The summed E-state index contributed by atoms with van der Waals surface area (Å²) in [5.41, 5.74) is 1.68. The van der Waals surface area contributed by atoms with E-state index in [0.29, 0.717) is 19.3 Å². The number of hydrogen-bond donors (Lipinski definition) is 3. The van der Waals surface area contributed by atoms with Crippen LogP contribution in [-0.2, 0) is 32.0 Å². The van der Waals surface area contributed by atoms with Gasteiger partial charge in [0.1, 0.15) is 12.1 Å². The summed E-state index contributed by atoms with van der Waals surface area (Å²) in [7, 11) is 0. The Bertz CT molecular complexity index is 1210. The lowest BCUT2D eigenvalue weighted by Crippen LogP contribution is -2.57. The fourth-order valence-corrected chi connectivity index (χ4v) is 5.34. The quantitative estimate of drug-likeness (QED) is 0.229. The predicted molar refractivity (Wildman–Crippen MR) is 171 cm³/mol. The second-order valence-corrected chi connectivity index (χ2v) is 13.5. The number of carbonyl (C=O) groups excluding carboxylic acids is 4. The first-order valence-corrected chi connectivity index (χ1v) is 15.9. The van der Waals surface area contributed by atoms with E-state index >= 15 is 0 Å². The Labute approximate surface area is 258 Å². The summed E-state index contributed by atoms with van der Waals surface area (Å²) in [4.78, 5) is 54.0. The summed E-state index contributed by atoms with van der Waals surface area (Å²) in [5.74, 6) is -0.814. The smallest absolute Gasteiger partial charge is 0.243 e. The Hall–Kier alpha value is -3.48. The van der Waals surface area contributed by atoms with Crippen molar-refractivity contribution in [1.82, 2.24) is 16.0 Å². The van der Waals surface area contributed by atoms with E-state index in [0.717, 1.165) is 24.8 Å². The second kappa shape index (κ2) is 15.8. The first-order chi connectivity index (χ1) is 20.4. The molecule has 0 heterocycles. The molecule has 0 unspecified atom stereocenters. The summed E-state index contributed by atoms with van der Waals surface area (Å²) in [6, 6.07) is 17.3. The number of nitrogens with one attached hydrogen (secondary N) is 3. The van der Waals surface area contributed by atoms with E-state index in [1.54, 1.807) is 0 Å². The predicted octanol–water partition coefficient (Wildman–Crippen LogP) is 5.41. The van der Waals surface area contributed by atoms with Crippen molar-refractivity contribution in [2.75, 3.05) is 0 Å². The minimum atomic E-state index is -0.897. The zero-order valence-electron chi connectivity index (χ0n) is 26.8. The van der Waals surface area contributed by atoms with Gasteiger partial charge in [-0.15, -0.1) is 0 Å². The number of Topliss-reactive ketones (excluding diaryl/α,β-unsaturated/α-hetero) is 1. The van der Waals surface area contributed by atoms with Gasteiger partial charge in [-0.3, -0.25) is 19.2 Å². The number of amides is 3. The topological polar surface area (TPSA) is 104 Å². The third-order valence-corrected chi connectivity index (χ3v) is 8.35. The molecule has 7 nitrogen and oxygen atoms in total. The molecule has 43 heavy (non-hydrogen) atoms. The lowest BCUT2D eigenvalue weighted by atomic mass is 9.91. The zero-order chi connectivity index (χ0) is 31.6. The van der Waals surface area contributed by atoms with Crippen LogP contribution in [0, 0.1) is 23.2 Å². The van der Waals surface area contributed by atoms with E-state index < -0.39 is 24.0 Å². The third kappa shape index (κ3) is 10.9. The molecule has 1 saturated carbocycles. The number of benzene rings is 2. The summed E-state index contributed by atoms with van der Waals surface area (Å²) in [6.45, 7) is 11.9. The molecule has 1 fully saturated rings. The van der Waals surface area contributed by atoms with Gasteiger partial charge in [0, 0.05) is 17.8 Å². The molecule has 0 saturated heterocycles. The Kier molecular flexibility index (Phi) is 12.5. The monoisotopic (exact) mass is 589 g/mol. The minimum Gasteiger partial charge on any atom is -0.344 e. The molecule has 1 aliphatic rings. The van der Waals surface area contributed by atoms with Crippen LogP contribution in [0.5, 0.6) is 0 Å². The van der Waals surface area contributed by atoms with E-state index in [9.17, 15) is 19.2 Å². The Morgan fingerprint density at radius 3 is 1.65 bits per heavy atom. The number of hydrogen-bond acceptors (Lipinski definition) is 4. The Morgan fingerprint density at radius 1 is 0.651 bits per heavy atom. The summed E-state index contributed by atoms with van der Waals surface area (Å²) < 4.78 is 0. The largest absolute Gasteiger partial charge is 0.344 e. The van der Waals surface area contributed by atoms with Crippen molar-refractivity contribution in [3.8, 4) is 0 Å². The van der Waals surface area contributed by atoms with Crippen molar-refractivity contribution >= 4 is 23.5 Å². The number of aryl methyl sites for hydroxylation is 1. The van der Waals surface area contributed by atoms with E-state index in [4.69, 9.17) is 0 Å². The number of carbonyl (C=O) groups is 4. The molecule has 0 spiro atoms. The molecule has 3 rings (SSSR count). The van der Waals surface area contributed by atoms with Crippen LogP contribution in [0.4, 0.5) is 0 Å². The highest BCUT2D eigenvalue weighted by molar-refractivity contribution is 5.97. The summed E-state index contributed by atoms with van der Waals surface area (Å²) in [6.07, 6.45) is 4.35. The maximum Gasteiger partial charge on any atom is 0.243 e. The molecule has 234 valence electrons. The van der Waals surface area contributed by atoms with Crippen LogP contribution in [-0.4, -0.2) is 41.6 Å². The van der Waals surface area contributed by atoms with Crippen molar-refractivity contribution in [3.63, 3.8) is 0 Å². The molecule has 1 aliphatic carbocycles. The normalized spacial score (nSPS) is 16.6. The first-order valence-electron chi connectivity index (χ1n) is 15.9. The highest BCUT2D eigenvalue weighted by atomic mass is 16.2. The molecule has 3 N–H and O–H groups in total. The van der Waals surface area contributed by atoms with Crippen molar-refractivity contribution in [2.24, 2.45) is 23.2 Å². The van der Waals surface area contributed by atoms with Crippen LogP contribution in [0.15, 0.2) is 60.7 Å². The van der Waals surface area contributed by atoms with Crippen LogP contribution < -0.4 is 16.0 Å². The van der Waals surface area contributed by atoms with Gasteiger partial charge in [-0.05, 0) is 61.5 Å². The number of ketones is 1. The maximum atomic E-state index is 13.8. The fraction of sp³-hybridized carbons (Fsp3) is 0.556. The third-order valence-electron chi connectivity index (χ3n) is 8.35. The van der Waals surface area contributed by atoms with Gasteiger partial charge in [0.2, 0.25) is 17.7 Å². The lowest BCUT2D eigenvalue weighted by molar-refractivity contribution is -0.135. The Morgan fingerprint density at radius 2 is 1.12 bits per heavy atom. The summed E-state index contributed by atoms with van der Waals surface area (Å²) >= 11 is 0. The maximum absolute atomic E-state index is 13.8. The van der Waals surface area contributed by atoms with Crippen molar-refractivity contribution in [3.05, 3.63) is 71.8 Å². The molecule has 0 aliphatic heterocycles. The van der Waals surface area contributed by atoms with E-state index in [-0.39, 0.29) is 47.2 Å². The molecule has 0 radical (unpaired) electrons. The minimum absolute atomic E-state index is 0.0637. The van der Waals surface area contributed by atoms with Crippen LogP contribution in [0.1, 0.15) is 84.8 Å². The fourth-order valence-electron chi connectivity index (χ4n) is 5.34. The van der Waals surface area contributed by atoms with Gasteiger partial charge in [-0.25, -0.2) is 0 Å². The highest BCUT2D eigenvalue weighted by Gasteiger charge is 2.48. The molecular formula is C36H51N3O4. The molecule has 0 bridgehead atoms. The molecular weight excluding hydrogens is 538 g/mol. The SMILES string of the molecule is CC(C)C[C@H](NC(=O)[C@@H](C)CCc1ccccc1)C(=O)N[C@@H](Cc1ccccc1)C(=O)N[C@@H](CC(C)C)C(=O)C1(C)CC1. The van der Waals surface area contributed by atoms with Gasteiger partial charge >= 0.3 is 0 Å². The van der Waals surface area contributed by atoms with Gasteiger partial charge in [0.25, 0.3) is 0 Å². The van der Waals surface area contributed by atoms with Crippen molar-refractivity contribution in [1.29, 1.82) is 0 Å². The molecule has 0 aromatic heterocycles. The van der Waals surface area contributed by atoms with Gasteiger partial charge in [-0.2, -0.15) is 0 Å². The molecule has 7 heteroatoms. The van der Waals surface area contributed by atoms with Crippen LogP contribution in [0.2, 0.25) is 0 Å². The lowest BCUT2D eigenvalue weighted by Gasteiger charge is -2.28. The highest BCUT2D eigenvalue weighted by Crippen LogP contribution is 2.47. The molecule has 2 aromatic carbocycles. The number of rotatable bonds is 17. The second-order valence-electron chi connectivity index (χ2n) is 13.5.